The molecule has 9 heteroatoms. The van der Waals surface area contributed by atoms with Crippen LogP contribution in [-0.4, -0.2) is 17.2 Å². The van der Waals surface area contributed by atoms with Gasteiger partial charge in [-0.25, -0.2) is 19.3 Å². The summed E-state index contributed by atoms with van der Waals surface area (Å²) < 4.78 is 26.3. The Kier molecular flexibility index (Phi) is 6.31. The smallest absolute Gasteiger partial charge is 0.160 e. The fourth-order valence-electron chi connectivity index (χ4n) is 2.45. The van der Waals surface area contributed by atoms with Crippen LogP contribution in [0.4, 0.5) is 14.5 Å². The van der Waals surface area contributed by atoms with Crippen LogP contribution in [0, 0.1) is 22.6 Å². The van der Waals surface area contributed by atoms with Crippen LogP contribution >= 0.6 is 0 Å². The van der Waals surface area contributed by atoms with Crippen LogP contribution in [0.15, 0.2) is 52.3 Å². The van der Waals surface area contributed by atoms with Crippen molar-refractivity contribution in [3.05, 3.63) is 65.3 Å². The van der Waals surface area contributed by atoms with E-state index in [1.807, 2.05) is 6.92 Å². The average molecular weight is 359 g/mol. The van der Waals surface area contributed by atoms with Crippen LogP contribution in [0.2, 0.25) is 0 Å². The quantitative estimate of drug-likeness (QED) is 0.277. The molecule has 1 heterocycles. The summed E-state index contributed by atoms with van der Waals surface area (Å²) >= 11 is 0. The lowest BCUT2D eigenvalue weighted by Gasteiger charge is -2.14. The summed E-state index contributed by atoms with van der Waals surface area (Å²) in [5.74, 6) is -1.96. The minimum atomic E-state index is -0.963. The van der Waals surface area contributed by atoms with Gasteiger partial charge in [0.15, 0.2) is 11.6 Å². The number of nitrogens with two attached hydrogens (primary N) is 1. The monoisotopic (exact) mass is 359 g/mol. The number of halogens is 2. The molecule has 0 radical (unpaired) electrons. The molecule has 6 N–H and O–H groups in total. The zero-order valence-electron chi connectivity index (χ0n) is 14.1. The Morgan fingerprint density at radius 1 is 1.31 bits per heavy atom. The lowest BCUT2D eigenvalue weighted by molar-refractivity contribution is 0.509. The SMILES string of the molecule is CCC(/C(=C/Nc1ccc(F)c(F)c1)N=N)c1ccc(/C(N)=N\C=N)[nH]1. The van der Waals surface area contributed by atoms with Gasteiger partial charge in [-0.3, -0.25) is 5.41 Å². The van der Waals surface area contributed by atoms with Crippen molar-refractivity contribution in [1.82, 2.24) is 4.98 Å². The molecule has 1 atom stereocenters. The normalized spacial score (nSPS) is 13.3. The molecular formula is C17H19F2N7. The molecule has 0 aliphatic heterocycles. The summed E-state index contributed by atoms with van der Waals surface area (Å²) in [5.41, 5.74) is 15.2. The van der Waals surface area contributed by atoms with E-state index in [2.05, 4.69) is 20.4 Å². The molecule has 2 rings (SSSR count). The molecule has 0 saturated carbocycles. The lowest BCUT2D eigenvalue weighted by atomic mass is 9.99. The van der Waals surface area contributed by atoms with Crippen LogP contribution < -0.4 is 11.1 Å². The Labute approximate surface area is 149 Å². The van der Waals surface area contributed by atoms with Crippen LogP contribution in [0.3, 0.4) is 0 Å². The molecule has 7 nitrogen and oxygen atoms in total. The number of allylic oxidation sites excluding steroid dienone is 1. The molecule has 0 amide bonds. The zero-order chi connectivity index (χ0) is 19.1. The van der Waals surface area contributed by atoms with E-state index in [1.165, 1.54) is 12.3 Å². The predicted molar refractivity (Wildman–Crippen MR) is 96.5 cm³/mol. The highest BCUT2D eigenvalue weighted by atomic mass is 19.2. The third-order valence-corrected chi connectivity index (χ3v) is 3.76. The third-order valence-electron chi connectivity index (χ3n) is 3.76. The number of amidine groups is 1. The first-order valence-electron chi connectivity index (χ1n) is 7.80. The average Bonchev–Trinajstić information content (AvgIpc) is 3.11. The molecule has 1 unspecified atom stereocenters. The highest BCUT2D eigenvalue weighted by Gasteiger charge is 2.17. The molecule has 0 bridgehead atoms. The van der Waals surface area contributed by atoms with E-state index in [4.69, 9.17) is 16.7 Å². The van der Waals surface area contributed by atoms with Crippen molar-refractivity contribution < 1.29 is 8.78 Å². The predicted octanol–water partition coefficient (Wildman–Crippen LogP) is 4.08. The number of rotatable bonds is 8. The Hall–Kier alpha value is -3.36. The molecule has 26 heavy (non-hydrogen) atoms. The Balaban J connectivity index is 2.25. The van der Waals surface area contributed by atoms with E-state index in [0.29, 0.717) is 23.5 Å². The molecule has 136 valence electrons. The fraction of sp³-hybridized carbons (Fsp3) is 0.176. The maximum Gasteiger partial charge on any atom is 0.160 e. The van der Waals surface area contributed by atoms with E-state index in [9.17, 15) is 8.78 Å². The number of nitrogens with zero attached hydrogens (tertiary/aromatic N) is 2. The number of H-pyrrole nitrogens is 1. The summed E-state index contributed by atoms with van der Waals surface area (Å²) in [6.45, 7) is 1.93. The van der Waals surface area contributed by atoms with Gasteiger partial charge in [-0.1, -0.05) is 6.92 Å². The maximum atomic E-state index is 13.3. The van der Waals surface area contributed by atoms with Gasteiger partial charge in [0, 0.05) is 29.6 Å². The van der Waals surface area contributed by atoms with Crippen molar-refractivity contribution in [3.8, 4) is 0 Å². The van der Waals surface area contributed by atoms with Crippen molar-refractivity contribution in [2.45, 2.75) is 19.3 Å². The molecule has 0 fully saturated rings. The molecule has 2 aromatic rings. The van der Waals surface area contributed by atoms with Gasteiger partial charge in [0.1, 0.15) is 12.2 Å². The van der Waals surface area contributed by atoms with Gasteiger partial charge in [0.05, 0.1) is 11.4 Å². The number of aromatic nitrogens is 1. The first kappa shape index (κ1) is 19.0. The summed E-state index contributed by atoms with van der Waals surface area (Å²) in [4.78, 5) is 6.80. The van der Waals surface area contributed by atoms with Crippen molar-refractivity contribution in [2.24, 2.45) is 15.8 Å². The van der Waals surface area contributed by atoms with Crippen molar-refractivity contribution in [3.63, 3.8) is 0 Å². The highest BCUT2D eigenvalue weighted by molar-refractivity contribution is 5.99. The van der Waals surface area contributed by atoms with Crippen LogP contribution in [0.25, 0.3) is 0 Å². The molecule has 0 saturated heterocycles. The number of hydrogen-bond acceptors (Lipinski definition) is 4. The van der Waals surface area contributed by atoms with Gasteiger partial charge < -0.3 is 16.0 Å². The highest BCUT2D eigenvalue weighted by Crippen LogP contribution is 2.28. The Morgan fingerprint density at radius 2 is 2.08 bits per heavy atom. The van der Waals surface area contributed by atoms with E-state index in [-0.39, 0.29) is 11.8 Å². The van der Waals surface area contributed by atoms with Gasteiger partial charge >= 0.3 is 0 Å². The zero-order valence-corrected chi connectivity index (χ0v) is 14.1. The Morgan fingerprint density at radius 3 is 2.69 bits per heavy atom. The van der Waals surface area contributed by atoms with E-state index in [1.54, 1.807) is 12.1 Å². The second-order valence-corrected chi connectivity index (χ2v) is 5.39. The number of aromatic amines is 1. The summed E-state index contributed by atoms with van der Waals surface area (Å²) in [5, 5.41) is 13.3. The van der Waals surface area contributed by atoms with Crippen molar-refractivity contribution >= 4 is 17.9 Å². The van der Waals surface area contributed by atoms with Crippen molar-refractivity contribution in [2.75, 3.05) is 5.32 Å². The summed E-state index contributed by atoms with van der Waals surface area (Å²) in [6, 6.07) is 6.95. The first-order valence-corrected chi connectivity index (χ1v) is 7.80. The number of nitrogens with one attached hydrogen (secondary N) is 4. The number of hydrogen-bond donors (Lipinski definition) is 5. The van der Waals surface area contributed by atoms with E-state index in [0.717, 1.165) is 24.2 Å². The minimum Gasteiger partial charge on any atom is -0.382 e. The van der Waals surface area contributed by atoms with Crippen LogP contribution in [0.1, 0.15) is 30.7 Å². The number of aliphatic imine (C=N–C) groups is 1. The largest absolute Gasteiger partial charge is 0.382 e. The van der Waals surface area contributed by atoms with Gasteiger partial charge in [0.25, 0.3) is 0 Å². The Bertz CT molecular complexity index is 855. The topological polar surface area (TPSA) is 126 Å². The minimum absolute atomic E-state index is 0.175. The van der Waals surface area contributed by atoms with E-state index >= 15 is 0 Å². The molecule has 1 aromatic carbocycles. The summed E-state index contributed by atoms with van der Waals surface area (Å²) in [6.07, 6.45) is 2.96. The number of benzene rings is 1. The number of anilines is 1. The first-order chi connectivity index (χ1) is 12.5. The molecule has 0 aliphatic carbocycles. The van der Waals surface area contributed by atoms with Gasteiger partial charge in [-0.15, -0.1) is 0 Å². The van der Waals surface area contributed by atoms with Crippen molar-refractivity contribution in [1.29, 1.82) is 10.9 Å². The maximum absolute atomic E-state index is 13.3. The second kappa shape index (κ2) is 8.65. The fourth-order valence-corrected chi connectivity index (χ4v) is 2.45. The van der Waals surface area contributed by atoms with E-state index < -0.39 is 11.6 Å². The van der Waals surface area contributed by atoms with Crippen LogP contribution in [-0.2, 0) is 0 Å². The second-order valence-electron chi connectivity index (χ2n) is 5.39. The molecule has 0 aliphatic rings. The lowest BCUT2D eigenvalue weighted by Crippen LogP contribution is -2.14. The molecule has 0 spiro atoms. The van der Waals surface area contributed by atoms with Gasteiger partial charge in [0.2, 0.25) is 0 Å². The van der Waals surface area contributed by atoms with Crippen LogP contribution in [0.5, 0.6) is 0 Å². The molecule has 1 aromatic heterocycles. The van der Waals surface area contributed by atoms with Gasteiger partial charge in [-0.2, -0.15) is 5.11 Å². The van der Waals surface area contributed by atoms with Gasteiger partial charge in [-0.05, 0) is 30.7 Å². The summed E-state index contributed by atoms with van der Waals surface area (Å²) in [7, 11) is 0. The molecular weight excluding hydrogens is 340 g/mol. The standard InChI is InChI=1S/C17H19F2N7/c1-2-11(14-5-6-15(25-14)17(21)24-9-20)16(26-22)8-23-10-3-4-12(18)13(19)7-10/h3-9,11,22-23,25H,2H2,1H3,(H3,20,21,24)/b16-8-,26-22?. The third kappa shape index (κ3) is 4.38.